The predicted molar refractivity (Wildman–Crippen MR) is 94.3 cm³/mol. The number of aliphatic carboxylic acids is 1. The number of carbonyl (C=O) groups is 1. The molecule has 2 aliphatic rings. The maximum Gasteiger partial charge on any atom is 0.307 e. The lowest BCUT2D eigenvalue weighted by Gasteiger charge is -2.45. The largest absolute Gasteiger partial charge is 0.481 e. The molecule has 0 saturated heterocycles. The van der Waals surface area contributed by atoms with Crippen LogP contribution in [0.3, 0.4) is 0 Å². The Hall–Kier alpha value is -0.730. The zero-order chi connectivity index (χ0) is 16.4. The van der Waals surface area contributed by atoms with Gasteiger partial charge in [0.2, 0.25) is 0 Å². The van der Waals surface area contributed by atoms with E-state index in [-0.39, 0.29) is 11.3 Å². The normalized spacial score (nSPS) is 22.9. The molecule has 2 saturated carbocycles. The molecule has 2 nitrogen and oxygen atoms in total. The second-order valence-electron chi connectivity index (χ2n) is 7.21. The summed E-state index contributed by atoms with van der Waals surface area (Å²) in [5.41, 5.74) is 0.791. The lowest BCUT2D eigenvalue weighted by atomic mass is 9.58. The molecule has 23 heavy (non-hydrogen) atoms. The van der Waals surface area contributed by atoms with Crippen LogP contribution in [0.2, 0.25) is 10.0 Å². The molecule has 0 spiro atoms. The van der Waals surface area contributed by atoms with Crippen LogP contribution in [-0.2, 0) is 10.2 Å². The molecule has 0 amide bonds. The SMILES string of the molecule is O=C(O)C(C1CCCC1)C1(c2ccc(Cl)c(Cl)c2)CCCCC1. The van der Waals surface area contributed by atoms with Crippen molar-refractivity contribution in [2.24, 2.45) is 11.8 Å². The Balaban J connectivity index is 2.06. The van der Waals surface area contributed by atoms with E-state index in [1.54, 1.807) is 0 Å². The van der Waals surface area contributed by atoms with E-state index in [0.717, 1.165) is 56.9 Å². The average molecular weight is 355 g/mol. The molecule has 1 atom stereocenters. The van der Waals surface area contributed by atoms with Gasteiger partial charge in [0.05, 0.1) is 16.0 Å². The predicted octanol–water partition coefficient (Wildman–Crippen LogP) is 6.09. The van der Waals surface area contributed by atoms with Crippen LogP contribution in [-0.4, -0.2) is 11.1 Å². The highest BCUT2D eigenvalue weighted by Crippen LogP contribution is 2.51. The number of carboxylic acid groups (broad SMARTS) is 1. The first-order valence-electron chi connectivity index (χ1n) is 8.73. The zero-order valence-electron chi connectivity index (χ0n) is 13.4. The van der Waals surface area contributed by atoms with Gasteiger partial charge in [-0.3, -0.25) is 4.79 Å². The van der Waals surface area contributed by atoms with Crippen molar-refractivity contribution in [3.8, 4) is 0 Å². The summed E-state index contributed by atoms with van der Waals surface area (Å²) in [5.74, 6) is -0.646. The minimum absolute atomic E-state index is 0.284. The molecule has 3 rings (SSSR count). The zero-order valence-corrected chi connectivity index (χ0v) is 14.9. The molecule has 4 heteroatoms. The molecule has 1 unspecified atom stereocenters. The summed E-state index contributed by atoms with van der Waals surface area (Å²) in [6.45, 7) is 0. The van der Waals surface area contributed by atoms with E-state index in [2.05, 4.69) is 0 Å². The maximum absolute atomic E-state index is 12.3. The standard InChI is InChI=1S/C19H24Cl2O2/c20-15-9-8-14(12-16(15)21)19(10-4-1-5-11-19)17(18(22)23)13-6-2-3-7-13/h8-9,12-13,17H,1-7,10-11H2,(H,22,23). The second kappa shape index (κ2) is 7.03. The van der Waals surface area contributed by atoms with Crippen molar-refractivity contribution in [3.05, 3.63) is 33.8 Å². The van der Waals surface area contributed by atoms with Crippen molar-refractivity contribution in [2.45, 2.75) is 63.2 Å². The molecule has 1 N–H and O–H groups in total. The van der Waals surface area contributed by atoms with Crippen molar-refractivity contribution in [2.75, 3.05) is 0 Å². The highest BCUT2D eigenvalue weighted by Gasteiger charge is 2.49. The molecule has 2 aliphatic carbocycles. The van der Waals surface area contributed by atoms with E-state index in [0.29, 0.717) is 16.0 Å². The second-order valence-corrected chi connectivity index (χ2v) is 8.02. The molecule has 0 aliphatic heterocycles. The van der Waals surface area contributed by atoms with Crippen LogP contribution in [0.25, 0.3) is 0 Å². The average Bonchev–Trinajstić information content (AvgIpc) is 3.04. The first-order chi connectivity index (χ1) is 11.0. The quantitative estimate of drug-likeness (QED) is 0.710. The topological polar surface area (TPSA) is 37.3 Å². The fourth-order valence-corrected chi connectivity index (χ4v) is 5.25. The van der Waals surface area contributed by atoms with Gasteiger partial charge in [-0.15, -0.1) is 0 Å². The molecule has 0 bridgehead atoms. The summed E-state index contributed by atoms with van der Waals surface area (Å²) in [4.78, 5) is 12.3. The Morgan fingerprint density at radius 1 is 1.04 bits per heavy atom. The molecular weight excluding hydrogens is 331 g/mol. The van der Waals surface area contributed by atoms with Gasteiger partial charge in [-0.05, 0) is 49.3 Å². The van der Waals surface area contributed by atoms with Gasteiger partial charge in [0, 0.05) is 5.41 Å². The summed E-state index contributed by atoms with van der Waals surface area (Å²) in [6, 6.07) is 5.74. The molecule has 0 aromatic heterocycles. The van der Waals surface area contributed by atoms with Gasteiger partial charge in [-0.2, -0.15) is 0 Å². The molecule has 1 aromatic carbocycles. The number of carboxylic acids is 1. The summed E-state index contributed by atoms with van der Waals surface area (Å²) in [6.07, 6.45) is 9.67. The van der Waals surface area contributed by atoms with Crippen molar-refractivity contribution in [1.82, 2.24) is 0 Å². The summed E-state index contributed by atoms with van der Waals surface area (Å²) in [5, 5.41) is 11.1. The molecule has 1 aromatic rings. The third kappa shape index (κ3) is 3.25. The van der Waals surface area contributed by atoms with E-state index >= 15 is 0 Å². The Kier molecular flexibility index (Phi) is 5.22. The fourth-order valence-electron chi connectivity index (χ4n) is 4.95. The number of benzene rings is 1. The van der Waals surface area contributed by atoms with E-state index in [4.69, 9.17) is 23.2 Å². The van der Waals surface area contributed by atoms with Crippen LogP contribution < -0.4 is 0 Å². The van der Waals surface area contributed by atoms with E-state index in [9.17, 15) is 9.90 Å². The van der Waals surface area contributed by atoms with Crippen LogP contribution in [0, 0.1) is 11.8 Å². The Morgan fingerprint density at radius 3 is 2.26 bits per heavy atom. The number of halogens is 2. The molecule has 0 radical (unpaired) electrons. The van der Waals surface area contributed by atoms with Crippen molar-refractivity contribution in [1.29, 1.82) is 0 Å². The van der Waals surface area contributed by atoms with E-state index < -0.39 is 5.97 Å². The Labute approximate surface area is 148 Å². The van der Waals surface area contributed by atoms with Gasteiger partial charge in [0.25, 0.3) is 0 Å². The third-order valence-corrected chi connectivity index (χ3v) is 6.71. The van der Waals surface area contributed by atoms with Gasteiger partial charge in [0.15, 0.2) is 0 Å². The number of rotatable bonds is 4. The van der Waals surface area contributed by atoms with Crippen LogP contribution in [0.4, 0.5) is 0 Å². The number of hydrogen-bond donors (Lipinski definition) is 1. The number of hydrogen-bond acceptors (Lipinski definition) is 1. The molecule has 0 heterocycles. The monoisotopic (exact) mass is 354 g/mol. The maximum atomic E-state index is 12.3. The van der Waals surface area contributed by atoms with Crippen LogP contribution in [0.1, 0.15) is 63.4 Å². The van der Waals surface area contributed by atoms with Crippen molar-refractivity contribution < 1.29 is 9.90 Å². The van der Waals surface area contributed by atoms with Crippen molar-refractivity contribution >= 4 is 29.2 Å². The Morgan fingerprint density at radius 2 is 1.70 bits per heavy atom. The molecule has 2 fully saturated rings. The first kappa shape index (κ1) is 17.1. The summed E-state index contributed by atoms with van der Waals surface area (Å²) >= 11 is 12.3. The van der Waals surface area contributed by atoms with Gasteiger partial charge in [-0.1, -0.05) is 61.4 Å². The van der Waals surface area contributed by atoms with Gasteiger partial charge < -0.3 is 5.11 Å². The van der Waals surface area contributed by atoms with Crippen molar-refractivity contribution in [3.63, 3.8) is 0 Å². The van der Waals surface area contributed by atoms with Gasteiger partial charge >= 0.3 is 5.97 Å². The smallest absolute Gasteiger partial charge is 0.307 e. The van der Waals surface area contributed by atoms with Crippen LogP contribution in [0.15, 0.2) is 18.2 Å². The first-order valence-corrected chi connectivity index (χ1v) is 9.48. The van der Waals surface area contributed by atoms with Gasteiger partial charge in [0.1, 0.15) is 0 Å². The third-order valence-electron chi connectivity index (χ3n) is 5.97. The Bertz CT molecular complexity index is 573. The van der Waals surface area contributed by atoms with Crippen LogP contribution >= 0.6 is 23.2 Å². The lowest BCUT2D eigenvalue weighted by Crippen LogP contribution is -2.45. The van der Waals surface area contributed by atoms with E-state index in [1.807, 2.05) is 18.2 Å². The summed E-state index contributed by atoms with van der Waals surface area (Å²) in [7, 11) is 0. The summed E-state index contributed by atoms with van der Waals surface area (Å²) < 4.78 is 0. The molecular formula is C19H24Cl2O2. The lowest BCUT2D eigenvalue weighted by molar-refractivity contribution is -0.148. The minimum atomic E-state index is -0.634. The highest BCUT2D eigenvalue weighted by molar-refractivity contribution is 6.42. The van der Waals surface area contributed by atoms with E-state index in [1.165, 1.54) is 6.42 Å². The van der Waals surface area contributed by atoms with Gasteiger partial charge in [-0.25, -0.2) is 0 Å². The fraction of sp³-hybridized carbons (Fsp3) is 0.632. The highest BCUT2D eigenvalue weighted by atomic mass is 35.5. The molecule has 126 valence electrons. The van der Waals surface area contributed by atoms with Crippen LogP contribution in [0.5, 0.6) is 0 Å². The minimum Gasteiger partial charge on any atom is -0.481 e.